The quantitative estimate of drug-likeness (QED) is 0.579. The summed E-state index contributed by atoms with van der Waals surface area (Å²) < 4.78 is 10.3. The average molecular weight is 262 g/mol. The second-order valence-electron chi connectivity index (χ2n) is 4.61. The molecule has 0 aliphatic carbocycles. The van der Waals surface area contributed by atoms with E-state index in [4.69, 9.17) is 4.74 Å². The van der Waals surface area contributed by atoms with Gasteiger partial charge in [0.25, 0.3) is 0 Å². The maximum Gasteiger partial charge on any atom is 0.333 e. The number of rotatable bonds is 6. The van der Waals surface area contributed by atoms with Crippen LogP contribution in [-0.4, -0.2) is 19.7 Å². The number of ether oxygens (including phenoxy) is 2. The molecule has 3 nitrogen and oxygen atoms in total. The third-order valence-electron chi connectivity index (χ3n) is 2.95. The highest BCUT2D eigenvalue weighted by Gasteiger charge is 2.06. The summed E-state index contributed by atoms with van der Waals surface area (Å²) in [5.41, 5.74) is 1.92. The summed E-state index contributed by atoms with van der Waals surface area (Å²) >= 11 is 0. The Labute approximate surface area is 115 Å². The van der Waals surface area contributed by atoms with Gasteiger partial charge in [0, 0.05) is 5.57 Å². The van der Waals surface area contributed by atoms with Gasteiger partial charge in [0.2, 0.25) is 0 Å². The van der Waals surface area contributed by atoms with Crippen LogP contribution in [0, 0.1) is 0 Å². The standard InChI is InChI=1S/C16H22O3/c1-5-13(16(17)18-4)10-11-19-15-8-6-14(7-9-15)12(2)3/h6-10,12H,5,11H2,1-4H3. The first kappa shape index (κ1) is 15.3. The molecule has 0 aromatic heterocycles. The van der Waals surface area contributed by atoms with Crippen LogP contribution in [0.25, 0.3) is 0 Å². The van der Waals surface area contributed by atoms with Gasteiger partial charge >= 0.3 is 5.97 Å². The zero-order valence-electron chi connectivity index (χ0n) is 12.1. The molecule has 0 spiro atoms. The summed E-state index contributed by atoms with van der Waals surface area (Å²) in [5.74, 6) is 1.03. The summed E-state index contributed by atoms with van der Waals surface area (Å²) in [6, 6.07) is 8.02. The molecule has 0 saturated carbocycles. The summed E-state index contributed by atoms with van der Waals surface area (Å²) in [7, 11) is 1.39. The number of methoxy groups -OCH3 is 1. The van der Waals surface area contributed by atoms with E-state index in [1.54, 1.807) is 6.08 Å². The summed E-state index contributed by atoms with van der Waals surface area (Å²) in [5, 5.41) is 0. The Bertz CT molecular complexity index is 430. The van der Waals surface area contributed by atoms with Crippen molar-refractivity contribution in [1.82, 2.24) is 0 Å². The fourth-order valence-electron chi connectivity index (χ4n) is 1.69. The lowest BCUT2D eigenvalue weighted by Crippen LogP contribution is -2.06. The highest BCUT2D eigenvalue weighted by molar-refractivity contribution is 5.88. The van der Waals surface area contributed by atoms with Crippen molar-refractivity contribution in [2.75, 3.05) is 13.7 Å². The predicted octanol–water partition coefficient (Wildman–Crippen LogP) is 3.70. The molecule has 0 saturated heterocycles. The number of esters is 1. The van der Waals surface area contributed by atoms with E-state index in [2.05, 4.69) is 30.7 Å². The Balaban J connectivity index is 2.57. The van der Waals surface area contributed by atoms with Crippen molar-refractivity contribution in [3.63, 3.8) is 0 Å². The lowest BCUT2D eigenvalue weighted by molar-refractivity contribution is -0.136. The normalized spacial score (nSPS) is 11.5. The molecule has 0 fully saturated rings. The van der Waals surface area contributed by atoms with Gasteiger partial charge in [-0.05, 0) is 36.1 Å². The lowest BCUT2D eigenvalue weighted by atomic mass is 10.0. The molecule has 0 radical (unpaired) electrons. The van der Waals surface area contributed by atoms with Crippen LogP contribution in [0.1, 0.15) is 38.7 Å². The second kappa shape index (κ2) is 7.62. The molecule has 0 aliphatic heterocycles. The van der Waals surface area contributed by atoms with Crippen LogP contribution < -0.4 is 4.74 Å². The van der Waals surface area contributed by atoms with Crippen molar-refractivity contribution < 1.29 is 14.3 Å². The maximum atomic E-state index is 11.4. The number of benzene rings is 1. The third-order valence-corrected chi connectivity index (χ3v) is 2.95. The molecule has 0 atom stereocenters. The molecular formula is C16H22O3. The van der Waals surface area contributed by atoms with Crippen molar-refractivity contribution in [1.29, 1.82) is 0 Å². The molecule has 0 unspecified atom stereocenters. The highest BCUT2D eigenvalue weighted by atomic mass is 16.5. The van der Waals surface area contributed by atoms with Gasteiger partial charge in [0.15, 0.2) is 0 Å². The molecule has 19 heavy (non-hydrogen) atoms. The van der Waals surface area contributed by atoms with Gasteiger partial charge in [0.1, 0.15) is 12.4 Å². The first-order valence-electron chi connectivity index (χ1n) is 6.58. The van der Waals surface area contributed by atoms with E-state index in [1.165, 1.54) is 12.7 Å². The van der Waals surface area contributed by atoms with E-state index in [0.29, 0.717) is 24.5 Å². The van der Waals surface area contributed by atoms with Gasteiger partial charge in [-0.25, -0.2) is 4.79 Å². The fraction of sp³-hybridized carbons (Fsp3) is 0.438. The number of hydrogen-bond donors (Lipinski definition) is 0. The Kier molecular flexibility index (Phi) is 6.13. The van der Waals surface area contributed by atoms with Gasteiger partial charge in [-0.3, -0.25) is 0 Å². The van der Waals surface area contributed by atoms with Crippen molar-refractivity contribution in [2.45, 2.75) is 33.1 Å². The Hall–Kier alpha value is -1.77. The van der Waals surface area contributed by atoms with E-state index in [9.17, 15) is 4.79 Å². The molecule has 0 aliphatic rings. The Morgan fingerprint density at radius 3 is 2.37 bits per heavy atom. The first-order chi connectivity index (χ1) is 9.08. The van der Waals surface area contributed by atoms with Crippen LogP contribution in [0.15, 0.2) is 35.9 Å². The topological polar surface area (TPSA) is 35.5 Å². The van der Waals surface area contributed by atoms with E-state index >= 15 is 0 Å². The van der Waals surface area contributed by atoms with Crippen LogP contribution in [-0.2, 0) is 9.53 Å². The van der Waals surface area contributed by atoms with Crippen molar-refractivity contribution in [3.8, 4) is 5.75 Å². The first-order valence-corrected chi connectivity index (χ1v) is 6.58. The van der Waals surface area contributed by atoms with Crippen LogP contribution in [0.3, 0.4) is 0 Å². The minimum atomic E-state index is -0.291. The zero-order chi connectivity index (χ0) is 14.3. The lowest BCUT2D eigenvalue weighted by Gasteiger charge is -2.08. The minimum absolute atomic E-state index is 0.291. The average Bonchev–Trinajstić information content (AvgIpc) is 2.43. The van der Waals surface area contributed by atoms with E-state index in [1.807, 2.05) is 19.1 Å². The van der Waals surface area contributed by atoms with Crippen molar-refractivity contribution in [2.24, 2.45) is 0 Å². The molecule has 3 heteroatoms. The minimum Gasteiger partial charge on any atom is -0.490 e. The van der Waals surface area contributed by atoms with Crippen LogP contribution in [0.5, 0.6) is 5.75 Å². The molecular weight excluding hydrogens is 240 g/mol. The molecule has 0 bridgehead atoms. The molecule has 1 rings (SSSR count). The zero-order valence-corrected chi connectivity index (χ0v) is 12.1. The Morgan fingerprint density at radius 2 is 1.89 bits per heavy atom. The van der Waals surface area contributed by atoms with E-state index in [0.717, 1.165) is 5.75 Å². The largest absolute Gasteiger partial charge is 0.490 e. The smallest absolute Gasteiger partial charge is 0.333 e. The maximum absolute atomic E-state index is 11.4. The van der Waals surface area contributed by atoms with Gasteiger partial charge in [-0.15, -0.1) is 0 Å². The van der Waals surface area contributed by atoms with Gasteiger partial charge in [-0.2, -0.15) is 0 Å². The third kappa shape index (κ3) is 4.78. The number of carbonyl (C=O) groups excluding carboxylic acids is 1. The van der Waals surface area contributed by atoms with E-state index < -0.39 is 0 Å². The van der Waals surface area contributed by atoms with Gasteiger partial charge < -0.3 is 9.47 Å². The number of hydrogen-bond acceptors (Lipinski definition) is 3. The monoisotopic (exact) mass is 262 g/mol. The van der Waals surface area contributed by atoms with Gasteiger partial charge in [-0.1, -0.05) is 32.9 Å². The molecule has 1 aromatic carbocycles. The fourth-order valence-corrected chi connectivity index (χ4v) is 1.69. The summed E-state index contributed by atoms with van der Waals surface area (Å²) in [6.07, 6.45) is 2.41. The highest BCUT2D eigenvalue weighted by Crippen LogP contribution is 2.18. The summed E-state index contributed by atoms with van der Waals surface area (Å²) in [4.78, 5) is 11.4. The molecule has 0 N–H and O–H groups in total. The van der Waals surface area contributed by atoms with Crippen LogP contribution in [0.2, 0.25) is 0 Å². The molecule has 104 valence electrons. The SMILES string of the molecule is CCC(=CCOc1ccc(C(C)C)cc1)C(=O)OC. The predicted molar refractivity (Wildman–Crippen MR) is 76.4 cm³/mol. The van der Waals surface area contributed by atoms with Crippen molar-refractivity contribution >= 4 is 5.97 Å². The van der Waals surface area contributed by atoms with Crippen LogP contribution >= 0.6 is 0 Å². The van der Waals surface area contributed by atoms with E-state index in [-0.39, 0.29) is 5.97 Å². The molecule has 1 aromatic rings. The van der Waals surface area contributed by atoms with Gasteiger partial charge in [0.05, 0.1) is 7.11 Å². The second-order valence-corrected chi connectivity index (χ2v) is 4.61. The number of carbonyl (C=O) groups is 1. The van der Waals surface area contributed by atoms with Crippen LogP contribution in [0.4, 0.5) is 0 Å². The Morgan fingerprint density at radius 1 is 1.26 bits per heavy atom. The summed E-state index contributed by atoms with van der Waals surface area (Å²) in [6.45, 7) is 6.60. The molecule has 0 heterocycles. The van der Waals surface area contributed by atoms with Crippen molar-refractivity contribution in [3.05, 3.63) is 41.5 Å². The molecule has 0 amide bonds.